The van der Waals surface area contributed by atoms with Crippen LogP contribution in [0.3, 0.4) is 0 Å². The highest BCUT2D eigenvalue weighted by molar-refractivity contribution is 7.35. The normalized spacial score (nSPS) is 11.7. The molecule has 6 heteroatoms. The molecule has 5 nitrogen and oxygen atoms in total. The molecule has 1 heterocycles. The monoisotopic (exact) mass is 447 g/mol. The Kier molecular flexibility index (Phi) is 6.55. The Balaban J connectivity index is 1.73. The molecule has 4 aromatic rings. The molecule has 0 radical (unpaired) electrons. The first-order valence-corrected chi connectivity index (χ1v) is 11.5. The number of rotatable bonds is 8. The highest BCUT2D eigenvalue weighted by atomic mass is 32.2. The lowest BCUT2D eigenvalue weighted by molar-refractivity contribution is 0.104. The maximum absolute atomic E-state index is 13.6. The highest BCUT2D eigenvalue weighted by Crippen LogP contribution is 2.45. The van der Waals surface area contributed by atoms with Crippen molar-refractivity contribution in [3.63, 3.8) is 0 Å². The SMILES string of the molecule is COc1ccc(-c2c(C(=O)c3ccc(OCCN(C)C)cc3)c3ccccc3[s+]2[O-])cc1. The van der Waals surface area contributed by atoms with Crippen molar-refractivity contribution < 1.29 is 18.8 Å². The molecule has 0 bridgehead atoms. The molecule has 32 heavy (non-hydrogen) atoms. The van der Waals surface area contributed by atoms with Crippen LogP contribution in [0.25, 0.3) is 20.5 Å². The van der Waals surface area contributed by atoms with Gasteiger partial charge in [0.25, 0.3) is 0 Å². The van der Waals surface area contributed by atoms with Gasteiger partial charge in [-0.25, -0.2) is 0 Å². The van der Waals surface area contributed by atoms with Crippen LogP contribution in [-0.2, 0) is 0 Å². The zero-order valence-corrected chi connectivity index (χ0v) is 19.1. The van der Waals surface area contributed by atoms with Gasteiger partial charge in [-0.15, -0.1) is 0 Å². The minimum Gasteiger partial charge on any atom is -0.590 e. The van der Waals surface area contributed by atoms with E-state index in [4.69, 9.17) is 9.47 Å². The predicted molar refractivity (Wildman–Crippen MR) is 129 cm³/mol. The Morgan fingerprint density at radius 2 is 1.59 bits per heavy atom. The fraction of sp³-hybridized carbons (Fsp3) is 0.192. The summed E-state index contributed by atoms with van der Waals surface area (Å²) in [5, 5.41) is 0.716. The first-order chi connectivity index (χ1) is 15.5. The fourth-order valence-corrected chi connectivity index (χ4v) is 5.10. The molecule has 0 fully saturated rings. The van der Waals surface area contributed by atoms with Gasteiger partial charge in [0, 0.05) is 17.7 Å². The Labute approximate surface area is 190 Å². The number of fused-ring (bicyclic) bond motifs is 1. The van der Waals surface area contributed by atoms with E-state index in [1.807, 2.05) is 67.5 Å². The standard InChI is InChI=1S/C26H25NO4S/c1-27(2)16-17-31-21-14-8-18(9-15-21)25(28)24-22-6-4-5-7-23(22)32(29)26(24)19-10-12-20(30-3)13-11-19/h4-15H,16-17H2,1-3H3. The summed E-state index contributed by atoms with van der Waals surface area (Å²) in [7, 11) is 4.13. The molecule has 0 spiro atoms. The van der Waals surface area contributed by atoms with Gasteiger partial charge in [-0.1, -0.05) is 12.1 Å². The third kappa shape index (κ3) is 4.39. The average Bonchev–Trinajstić information content (AvgIpc) is 3.11. The van der Waals surface area contributed by atoms with E-state index in [-0.39, 0.29) is 5.78 Å². The second kappa shape index (κ2) is 9.53. The van der Waals surface area contributed by atoms with Crippen molar-refractivity contribution in [2.75, 3.05) is 34.4 Å². The van der Waals surface area contributed by atoms with Crippen LogP contribution >= 0.6 is 10.8 Å². The zero-order valence-electron chi connectivity index (χ0n) is 18.3. The topological polar surface area (TPSA) is 61.8 Å². The molecule has 1 atom stereocenters. The number of ketones is 1. The number of methoxy groups -OCH3 is 1. The van der Waals surface area contributed by atoms with Crippen molar-refractivity contribution in [1.29, 1.82) is 0 Å². The van der Waals surface area contributed by atoms with E-state index in [2.05, 4.69) is 0 Å². The molecule has 4 rings (SSSR count). The minimum atomic E-state index is -1.44. The van der Waals surface area contributed by atoms with Crippen LogP contribution in [0.5, 0.6) is 11.5 Å². The summed E-state index contributed by atoms with van der Waals surface area (Å²) in [5.74, 6) is 1.26. The fourth-order valence-electron chi connectivity index (χ4n) is 3.57. The number of carbonyl (C=O) groups excluding carboxylic acids is 1. The van der Waals surface area contributed by atoms with Crippen LogP contribution in [0.4, 0.5) is 0 Å². The number of hydrogen-bond acceptors (Lipinski definition) is 5. The van der Waals surface area contributed by atoms with Gasteiger partial charge in [0.05, 0.1) is 18.1 Å². The molecule has 0 aliphatic rings. The second-order valence-electron chi connectivity index (χ2n) is 7.70. The molecule has 0 N–H and O–H groups in total. The third-order valence-corrected chi connectivity index (χ3v) is 6.84. The number of benzene rings is 3. The van der Waals surface area contributed by atoms with Gasteiger partial charge in [0.15, 0.2) is 15.4 Å². The summed E-state index contributed by atoms with van der Waals surface area (Å²) in [6, 6.07) is 21.8. The third-order valence-electron chi connectivity index (χ3n) is 5.27. The Morgan fingerprint density at radius 1 is 0.938 bits per heavy atom. The quantitative estimate of drug-likeness (QED) is 0.267. The summed E-state index contributed by atoms with van der Waals surface area (Å²) in [5.41, 5.74) is 1.75. The van der Waals surface area contributed by atoms with Gasteiger partial charge in [0.2, 0.25) is 0 Å². The minimum absolute atomic E-state index is 0.158. The largest absolute Gasteiger partial charge is 0.590 e. The van der Waals surface area contributed by atoms with Gasteiger partial charge in [-0.2, -0.15) is 0 Å². The van der Waals surface area contributed by atoms with Crippen molar-refractivity contribution >= 4 is 26.6 Å². The Hall–Kier alpha value is -3.19. The van der Waals surface area contributed by atoms with E-state index in [1.165, 1.54) is 0 Å². The summed E-state index contributed by atoms with van der Waals surface area (Å²) in [6.07, 6.45) is 0. The van der Waals surface area contributed by atoms with E-state index in [1.54, 1.807) is 31.4 Å². The predicted octanol–water partition coefficient (Wildman–Crippen LogP) is 5.41. The molecule has 0 aliphatic heterocycles. The molecule has 0 saturated carbocycles. The number of hydrogen-bond donors (Lipinski definition) is 0. The highest BCUT2D eigenvalue weighted by Gasteiger charge is 2.29. The van der Waals surface area contributed by atoms with Gasteiger partial charge < -0.3 is 18.9 Å². The Bertz CT molecular complexity index is 1230. The lowest BCUT2D eigenvalue weighted by Crippen LogP contribution is -2.19. The zero-order chi connectivity index (χ0) is 22.7. The molecule has 164 valence electrons. The van der Waals surface area contributed by atoms with Gasteiger partial charge in [-0.3, -0.25) is 4.79 Å². The first-order valence-electron chi connectivity index (χ1n) is 10.3. The van der Waals surface area contributed by atoms with E-state index >= 15 is 0 Å². The van der Waals surface area contributed by atoms with Gasteiger partial charge in [0.1, 0.15) is 18.1 Å². The van der Waals surface area contributed by atoms with Crippen molar-refractivity contribution in [2.45, 2.75) is 0 Å². The summed E-state index contributed by atoms with van der Waals surface area (Å²) in [6.45, 7) is 1.38. The Morgan fingerprint density at radius 3 is 2.25 bits per heavy atom. The van der Waals surface area contributed by atoms with Crippen LogP contribution in [-0.4, -0.2) is 49.6 Å². The first kappa shape index (κ1) is 22.0. The van der Waals surface area contributed by atoms with Gasteiger partial charge >= 0.3 is 0 Å². The number of carbonyl (C=O) groups is 1. The molecule has 1 unspecified atom stereocenters. The average molecular weight is 448 g/mol. The molecule has 3 aromatic carbocycles. The van der Waals surface area contributed by atoms with Gasteiger partial charge in [-0.05, 0) is 85.5 Å². The van der Waals surface area contributed by atoms with Crippen molar-refractivity contribution in [3.05, 3.63) is 83.9 Å². The lowest BCUT2D eigenvalue weighted by Gasteiger charge is -2.11. The second-order valence-corrected chi connectivity index (χ2v) is 9.09. The van der Waals surface area contributed by atoms with E-state index in [0.29, 0.717) is 44.2 Å². The summed E-state index contributed by atoms with van der Waals surface area (Å²) < 4.78 is 25.0. The molecule has 0 aliphatic carbocycles. The molecule has 0 amide bonds. The summed E-state index contributed by atoms with van der Waals surface area (Å²) in [4.78, 5) is 16.2. The van der Waals surface area contributed by atoms with Crippen LogP contribution in [0.2, 0.25) is 0 Å². The number of thiophene rings is 1. The van der Waals surface area contributed by atoms with Crippen LogP contribution < -0.4 is 9.47 Å². The van der Waals surface area contributed by atoms with E-state index in [9.17, 15) is 9.35 Å². The van der Waals surface area contributed by atoms with Crippen molar-refractivity contribution in [2.24, 2.45) is 0 Å². The maximum atomic E-state index is 13.6. The molecule has 0 saturated heterocycles. The van der Waals surface area contributed by atoms with Crippen LogP contribution in [0.15, 0.2) is 72.8 Å². The van der Waals surface area contributed by atoms with Crippen molar-refractivity contribution in [1.82, 2.24) is 4.90 Å². The smallest absolute Gasteiger partial charge is 0.199 e. The van der Waals surface area contributed by atoms with E-state index in [0.717, 1.165) is 12.1 Å². The van der Waals surface area contributed by atoms with Crippen LogP contribution in [0, 0.1) is 0 Å². The molecular weight excluding hydrogens is 422 g/mol. The van der Waals surface area contributed by atoms with E-state index < -0.39 is 10.8 Å². The molecule has 1 aromatic heterocycles. The maximum Gasteiger partial charge on any atom is 0.199 e. The molecular formula is C26H25NO4S. The van der Waals surface area contributed by atoms with Crippen LogP contribution in [0.1, 0.15) is 15.9 Å². The number of ether oxygens (including phenoxy) is 2. The lowest BCUT2D eigenvalue weighted by atomic mass is 9.97. The van der Waals surface area contributed by atoms with Crippen molar-refractivity contribution in [3.8, 4) is 21.9 Å². The number of nitrogens with zero attached hydrogens (tertiary/aromatic N) is 1. The summed E-state index contributed by atoms with van der Waals surface area (Å²) >= 11 is 0. The number of likely N-dealkylation sites (N-methyl/N-ethyl adjacent to an activating group) is 1.